The molecule has 172 valence electrons. The molecule has 0 spiro atoms. The number of hydrogen-bond donors (Lipinski definition) is 2. The molecule has 2 heterocycles. The van der Waals surface area contributed by atoms with Gasteiger partial charge < -0.3 is 19.9 Å². The maximum absolute atomic E-state index is 13.3. The number of hydrogen-bond acceptors (Lipinski definition) is 6. The highest BCUT2D eigenvalue weighted by molar-refractivity contribution is 5.94. The van der Waals surface area contributed by atoms with Crippen LogP contribution < -0.4 is 14.8 Å². The molecule has 1 aliphatic heterocycles. The molecule has 0 bridgehead atoms. The summed E-state index contributed by atoms with van der Waals surface area (Å²) in [5, 5.41) is 22.5. The van der Waals surface area contributed by atoms with Crippen molar-refractivity contribution in [3.63, 3.8) is 0 Å². The van der Waals surface area contributed by atoms with Crippen molar-refractivity contribution < 1.29 is 28.2 Å². The Bertz CT molecular complexity index is 1190. The number of benzene rings is 1. The Balaban J connectivity index is 1.85. The van der Waals surface area contributed by atoms with Crippen LogP contribution in [0.5, 0.6) is 11.6 Å². The lowest BCUT2D eigenvalue weighted by Gasteiger charge is -2.35. The number of halogens is 2. The highest BCUT2D eigenvalue weighted by atomic mass is 19.3. The Morgan fingerprint density at radius 1 is 1.36 bits per heavy atom. The number of anilines is 1. The van der Waals surface area contributed by atoms with Gasteiger partial charge >= 0.3 is 5.97 Å². The Hall–Kier alpha value is -3.67. The van der Waals surface area contributed by atoms with Crippen molar-refractivity contribution in [3.05, 3.63) is 57.9 Å². The fourth-order valence-electron chi connectivity index (χ4n) is 4.49. The summed E-state index contributed by atoms with van der Waals surface area (Å²) in [7, 11) is 1.45. The second-order valence-electron chi connectivity index (χ2n) is 8.45. The van der Waals surface area contributed by atoms with E-state index in [1.54, 1.807) is 31.3 Å². The minimum atomic E-state index is -2.66. The molecule has 2 N–H and O–H groups in total. The van der Waals surface area contributed by atoms with Crippen molar-refractivity contribution in [1.82, 2.24) is 4.98 Å². The largest absolute Gasteiger partial charge is 0.496 e. The van der Waals surface area contributed by atoms with Gasteiger partial charge in [0.1, 0.15) is 5.75 Å². The number of aromatic nitrogens is 1. The summed E-state index contributed by atoms with van der Waals surface area (Å²) in [6.07, 6.45) is 1.11. The van der Waals surface area contributed by atoms with Gasteiger partial charge in [-0.2, -0.15) is 5.26 Å². The average molecular weight is 455 g/mol. The molecule has 0 amide bonds. The molecule has 0 saturated heterocycles. The lowest BCUT2D eigenvalue weighted by molar-refractivity contribution is -0.133. The molecule has 1 aliphatic carbocycles. The molecule has 1 aromatic carbocycles. The number of ether oxygens (including phenoxy) is 2. The van der Waals surface area contributed by atoms with Gasteiger partial charge in [-0.1, -0.05) is 6.07 Å². The Morgan fingerprint density at radius 3 is 2.70 bits per heavy atom. The summed E-state index contributed by atoms with van der Waals surface area (Å²) in [4.78, 5) is 16.7. The molecular weight excluding hydrogens is 432 g/mol. The van der Waals surface area contributed by atoms with Crippen LogP contribution in [0.3, 0.4) is 0 Å². The topological polar surface area (TPSA) is 104 Å². The standard InChI is InChI=1S/C24H23F2N3O4/c1-12-10-28-22(33-11-15-7-24(25,26)8-15)20-19(18(23(30)31)13(2)29-21(12)20)16-5-4-14(9-27)6-17(16)32-3/h4-6,10,15,19,29H,7-8,11H2,1-3H3,(H,30,31). The normalized spacial score (nSPS) is 19.1. The number of allylic oxidation sites excluding steroid dienone is 1. The van der Waals surface area contributed by atoms with E-state index in [1.165, 1.54) is 7.11 Å². The number of rotatable bonds is 6. The third kappa shape index (κ3) is 4.09. The maximum Gasteiger partial charge on any atom is 0.334 e. The third-order valence-electron chi connectivity index (χ3n) is 6.10. The second-order valence-corrected chi connectivity index (χ2v) is 8.45. The van der Waals surface area contributed by atoms with Crippen LogP contribution in [0.15, 0.2) is 35.7 Å². The zero-order valence-corrected chi connectivity index (χ0v) is 18.4. The maximum atomic E-state index is 13.3. The lowest BCUT2D eigenvalue weighted by Crippen LogP contribution is -2.38. The average Bonchev–Trinajstić information content (AvgIpc) is 2.76. The molecule has 33 heavy (non-hydrogen) atoms. The Morgan fingerprint density at radius 2 is 2.09 bits per heavy atom. The van der Waals surface area contributed by atoms with E-state index in [1.807, 2.05) is 13.0 Å². The van der Waals surface area contributed by atoms with Crippen molar-refractivity contribution in [3.8, 4) is 17.7 Å². The highest BCUT2D eigenvalue weighted by Crippen LogP contribution is 2.49. The smallest absolute Gasteiger partial charge is 0.334 e. The molecule has 7 nitrogen and oxygen atoms in total. The van der Waals surface area contributed by atoms with Gasteiger partial charge in [0.05, 0.1) is 48.1 Å². The summed E-state index contributed by atoms with van der Waals surface area (Å²) >= 11 is 0. The number of carboxylic acid groups (broad SMARTS) is 1. The number of aliphatic carboxylic acids is 1. The zero-order chi connectivity index (χ0) is 23.9. The molecular formula is C24H23F2N3O4. The van der Waals surface area contributed by atoms with Crippen LogP contribution in [-0.2, 0) is 4.79 Å². The Labute approximate surface area is 189 Å². The first-order valence-electron chi connectivity index (χ1n) is 10.4. The predicted molar refractivity (Wildman–Crippen MR) is 116 cm³/mol. The first-order chi connectivity index (χ1) is 15.6. The van der Waals surface area contributed by atoms with E-state index in [4.69, 9.17) is 9.47 Å². The molecule has 1 fully saturated rings. The molecule has 4 rings (SSSR count). The Kier molecular flexibility index (Phi) is 5.70. The molecule has 1 saturated carbocycles. The first kappa shape index (κ1) is 22.5. The number of nitrogens with one attached hydrogen (secondary N) is 1. The van der Waals surface area contributed by atoms with Crippen molar-refractivity contribution in [1.29, 1.82) is 5.26 Å². The number of fused-ring (bicyclic) bond motifs is 1. The SMILES string of the molecule is COc1cc(C#N)ccc1C1C(C(=O)O)=C(C)Nc2c(C)cnc(OCC3CC(F)(F)C3)c21. The third-order valence-corrected chi connectivity index (χ3v) is 6.10. The summed E-state index contributed by atoms with van der Waals surface area (Å²) in [5.74, 6) is -4.37. The van der Waals surface area contributed by atoms with Gasteiger partial charge in [0.15, 0.2) is 0 Å². The van der Waals surface area contributed by atoms with Gasteiger partial charge in [-0.25, -0.2) is 18.6 Å². The number of carboxylic acids is 1. The number of carbonyl (C=O) groups is 1. The molecule has 9 heteroatoms. The quantitative estimate of drug-likeness (QED) is 0.655. The highest BCUT2D eigenvalue weighted by Gasteiger charge is 2.46. The first-order valence-corrected chi connectivity index (χ1v) is 10.4. The van der Waals surface area contributed by atoms with Crippen molar-refractivity contribution >= 4 is 11.7 Å². The van der Waals surface area contributed by atoms with Crippen LogP contribution in [0.2, 0.25) is 0 Å². The van der Waals surface area contributed by atoms with Gasteiger partial charge in [0.25, 0.3) is 0 Å². The molecule has 2 aromatic rings. The lowest BCUT2D eigenvalue weighted by atomic mass is 9.79. The molecule has 0 radical (unpaired) electrons. The summed E-state index contributed by atoms with van der Waals surface area (Å²) in [5.41, 5.74) is 3.35. The number of methoxy groups -OCH3 is 1. The molecule has 2 aliphatic rings. The van der Waals surface area contributed by atoms with E-state index in [0.29, 0.717) is 33.8 Å². The fourth-order valence-corrected chi connectivity index (χ4v) is 4.49. The van der Waals surface area contributed by atoms with Crippen LogP contribution in [0.25, 0.3) is 0 Å². The van der Waals surface area contributed by atoms with E-state index in [9.17, 15) is 23.9 Å². The van der Waals surface area contributed by atoms with Gasteiger partial charge in [0, 0.05) is 36.2 Å². The number of pyridine rings is 1. The fraction of sp³-hybridized carbons (Fsp3) is 0.375. The van der Waals surface area contributed by atoms with E-state index in [-0.39, 0.29) is 36.8 Å². The zero-order valence-electron chi connectivity index (χ0n) is 18.4. The van der Waals surface area contributed by atoms with Gasteiger partial charge in [0.2, 0.25) is 11.8 Å². The summed E-state index contributed by atoms with van der Waals surface area (Å²) < 4.78 is 37.9. The van der Waals surface area contributed by atoms with E-state index < -0.39 is 17.8 Å². The van der Waals surface area contributed by atoms with Crippen LogP contribution in [0.4, 0.5) is 14.5 Å². The number of alkyl halides is 2. The van der Waals surface area contributed by atoms with Crippen LogP contribution in [0.1, 0.15) is 47.9 Å². The van der Waals surface area contributed by atoms with E-state index >= 15 is 0 Å². The van der Waals surface area contributed by atoms with Crippen molar-refractivity contribution in [2.45, 2.75) is 38.5 Å². The van der Waals surface area contributed by atoms with Crippen LogP contribution in [0, 0.1) is 24.2 Å². The minimum Gasteiger partial charge on any atom is -0.496 e. The van der Waals surface area contributed by atoms with E-state index in [0.717, 1.165) is 5.56 Å². The summed E-state index contributed by atoms with van der Waals surface area (Å²) in [6, 6.07) is 6.85. The van der Waals surface area contributed by atoms with E-state index in [2.05, 4.69) is 10.3 Å². The van der Waals surface area contributed by atoms with Crippen molar-refractivity contribution in [2.75, 3.05) is 19.0 Å². The van der Waals surface area contributed by atoms with Gasteiger partial charge in [-0.05, 0) is 31.5 Å². The number of nitrogens with zero attached hydrogens (tertiary/aromatic N) is 2. The molecule has 1 atom stereocenters. The van der Waals surface area contributed by atoms with Gasteiger partial charge in [-0.3, -0.25) is 0 Å². The monoisotopic (exact) mass is 455 g/mol. The second kappa shape index (κ2) is 8.35. The number of aryl methyl sites for hydroxylation is 1. The predicted octanol–water partition coefficient (Wildman–Crippen LogP) is 4.61. The van der Waals surface area contributed by atoms with Gasteiger partial charge in [-0.15, -0.1) is 0 Å². The molecule has 1 unspecified atom stereocenters. The van der Waals surface area contributed by atoms with Crippen LogP contribution >= 0.6 is 0 Å². The van der Waals surface area contributed by atoms with Crippen molar-refractivity contribution in [2.24, 2.45) is 5.92 Å². The minimum absolute atomic E-state index is 0.0560. The molecule has 1 aromatic heterocycles. The van der Waals surface area contributed by atoms with Crippen LogP contribution in [-0.4, -0.2) is 35.7 Å². The summed E-state index contributed by atoms with van der Waals surface area (Å²) in [6.45, 7) is 3.56. The number of nitriles is 1.